The molecule has 0 nitrogen and oxygen atoms in total. The van der Waals surface area contributed by atoms with Crippen molar-refractivity contribution in [2.24, 2.45) is 0 Å². The van der Waals surface area contributed by atoms with E-state index >= 15 is 0 Å². The van der Waals surface area contributed by atoms with Crippen molar-refractivity contribution in [3.8, 4) is 0 Å². The fraction of sp³-hybridized carbons (Fsp3) is 0.300. The van der Waals surface area contributed by atoms with Crippen LogP contribution in [0.3, 0.4) is 0 Å². The van der Waals surface area contributed by atoms with Gasteiger partial charge >= 0.3 is 0 Å². The summed E-state index contributed by atoms with van der Waals surface area (Å²) >= 11 is 0. The number of fused-ring (bicyclic) bond motifs is 5. The predicted molar refractivity (Wildman–Crippen MR) is 87.4 cm³/mol. The Balaban J connectivity index is 2.17. The summed E-state index contributed by atoms with van der Waals surface area (Å²) < 4.78 is 0. The summed E-state index contributed by atoms with van der Waals surface area (Å²) in [5.74, 6) is 0. The van der Waals surface area contributed by atoms with Gasteiger partial charge < -0.3 is 0 Å². The Morgan fingerprint density at radius 2 is 1.60 bits per heavy atom. The van der Waals surface area contributed by atoms with Gasteiger partial charge in [-0.05, 0) is 57.3 Å². The molecule has 0 amide bonds. The van der Waals surface area contributed by atoms with Crippen molar-refractivity contribution in [3.05, 3.63) is 59.7 Å². The fourth-order valence-corrected chi connectivity index (χ4v) is 3.99. The molecule has 4 rings (SSSR count). The summed E-state index contributed by atoms with van der Waals surface area (Å²) in [7, 11) is 0. The molecule has 0 atom stereocenters. The van der Waals surface area contributed by atoms with Gasteiger partial charge in [0.2, 0.25) is 0 Å². The Hall–Kier alpha value is -1.82. The van der Waals surface area contributed by atoms with E-state index in [1.807, 2.05) is 0 Å². The first-order valence-electron chi connectivity index (χ1n) is 7.61. The van der Waals surface area contributed by atoms with Crippen molar-refractivity contribution >= 4 is 21.5 Å². The molecule has 20 heavy (non-hydrogen) atoms. The zero-order chi connectivity index (χ0) is 13.7. The van der Waals surface area contributed by atoms with Gasteiger partial charge in [-0.2, -0.15) is 0 Å². The Labute approximate surface area is 120 Å². The molecule has 0 heteroatoms. The van der Waals surface area contributed by atoms with Crippen molar-refractivity contribution < 1.29 is 0 Å². The molecular weight excluding hydrogens is 240 g/mol. The van der Waals surface area contributed by atoms with E-state index in [1.54, 1.807) is 11.1 Å². The standard InChI is InChI=1S/C20H20/c1-20(2)13-5-7-15-10-11-17-16-8-4-3-6-14(16)9-12-18(17)19(15)20/h3-4,6,8-12H,5,7,13H2,1-2H3. The molecule has 1 aliphatic rings. The van der Waals surface area contributed by atoms with Gasteiger partial charge in [0.15, 0.2) is 0 Å². The van der Waals surface area contributed by atoms with Crippen LogP contribution in [0.15, 0.2) is 48.5 Å². The summed E-state index contributed by atoms with van der Waals surface area (Å²) in [4.78, 5) is 0. The third-order valence-corrected chi connectivity index (χ3v) is 4.94. The Morgan fingerprint density at radius 1 is 0.800 bits per heavy atom. The van der Waals surface area contributed by atoms with Gasteiger partial charge in [0.05, 0.1) is 0 Å². The monoisotopic (exact) mass is 260 g/mol. The zero-order valence-electron chi connectivity index (χ0n) is 12.2. The molecule has 0 saturated heterocycles. The van der Waals surface area contributed by atoms with Crippen LogP contribution in [0.4, 0.5) is 0 Å². The number of aryl methyl sites for hydroxylation is 1. The van der Waals surface area contributed by atoms with E-state index in [2.05, 4.69) is 62.4 Å². The first-order chi connectivity index (χ1) is 9.67. The highest BCUT2D eigenvalue weighted by Gasteiger charge is 2.29. The van der Waals surface area contributed by atoms with Crippen molar-refractivity contribution in [3.63, 3.8) is 0 Å². The minimum absolute atomic E-state index is 0.301. The normalized spacial score (nSPS) is 17.3. The van der Waals surface area contributed by atoms with E-state index in [1.165, 1.54) is 40.8 Å². The molecular formula is C20H20. The maximum atomic E-state index is 2.40. The van der Waals surface area contributed by atoms with Gasteiger partial charge in [0.25, 0.3) is 0 Å². The Kier molecular flexibility index (Phi) is 2.44. The summed E-state index contributed by atoms with van der Waals surface area (Å²) in [5, 5.41) is 5.60. The average Bonchev–Trinajstić information content (AvgIpc) is 2.46. The molecule has 0 radical (unpaired) electrons. The topological polar surface area (TPSA) is 0 Å². The van der Waals surface area contributed by atoms with Crippen LogP contribution in [-0.2, 0) is 11.8 Å². The second-order valence-corrected chi connectivity index (χ2v) is 6.72. The predicted octanol–water partition coefficient (Wildman–Crippen LogP) is 5.61. The van der Waals surface area contributed by atoms with Crippen LogP contribution in [-0.4, -0.2) is 0 Å². The zero-order valence-corrected chi connectivity index (χ0v) is 12.2. The van der Waals surface area contributed by atoms with Gasteiger partial charge in [0, 0.05) is 0 Å². The smallest absolute Gasteiger partial charge is 0.00946 e. The average molecular weight is 260 g/mol. The minimum Gasteiger partial charge on any atom is -0.0616 e. The summed E-state index contributed by atoms with van der Waals surface area (Å²) in [6, 6.07) is 18.0. The van der Waals surface area contributed by atoms with E-state index in [0.29, 0.717) is 5.41 Å². The molecule has 0 spiro atoms. The Morgan fingerprint density at radius 3 is 2.50 bits per heavy atom. The SMILES string of the molecule is CC1(C)CCCc2ccc3c(ccc4ccccc43)c21. The first kappa shape index (κ1) is 12.0. The highest BCUT2D eigenvalue weighted by Crippen LogP contribution is 2.42. The van der Waals surface area contributed by atoms with Gasteiger partial charge in [-0.1, -0.05) is 62.4 Å². The van der Waals surface area contributed by atoms with Gasteiger partial charge in [-0.3, -0.25) is 0 Å². The molecule has 0 unspecified atom stereocenters. The molecule has 0 aliphatic heterocycles. The van der Waals surface area contributed by atoms with Crippen molar-refractivity contribution in [2.75, 3.05) is 0 Å². The van der Waals surface area contributed by atoms with E-state index in [4.69, 9.17) is 0 Å². The van der Waals surface area contributed by atoms with E-state index in [0.717, 1.165) is 0 Å². The van der Waals surface area contributed by atoms with Crippen molar-refractivity contribution in [1.29, 1.82) is 0 Å². The second-order valence-electron chi connectivity index (χ2n) is 6.72. The molecule has 0 N–H and O–H groups in total. The number of benzene rings is 3. The highest BCUT2D eigenvalue weighted by molar-refractivity contribution is 6.09. The van der Waals surface area contributed by atoms with Crippen LogP contribution in [0, 0.1) is 0 Å². The summed E-state index contributed by atoms with van der Waals surface area (Å²) in [6.07, 6.45) is 3.85. The van der Waals surface area contributed by atoms with Gasteiger partial charge in [-0.25, -0.2) is 0 Å². The molecule has 3 aromatic carbocycles. The highest BCUT2D eigenvalue weighted by atomic mass is 14.3. The lowest BCUT2D eigenvalue weighted by molar-refractivity contribution is 0.436. The third kappa shape index (κ3) is 1.61. The molecule has 0 heterocycles. The van der Waals surface area contributed by atoms with Crippen LogP contribution < -0.4 is 0 Å². The van der Waals surface area contributed by atoms with Crippen LogP contribution in [0.25, 0.3) is 21.5 Å². The fourth-order valence-electron chi connectivity index (χ4n) is 3.99. The summed E-state index contributed by atoms with van der Waals surface area (Å²) in [5.41, 5.74) is 3.45. The molecule has 100 valence electrons. The van der Waals surface area contributed by atoms with Crippen molar-refractivity contribution in [1.82, 2.24) is 0 Å². The number of rotatable bonds is 0. The van der Waals surface area contributed by atoms with Gasteiger partial charge in [-0.15, -0.1) is 0 Å². The third-order valence-electron chi connectivity index (χ3n) is 4.94. The lowest BCUT2D eigenvalue weighted by atomic mass is 9.71. The number of hydrogen-bond donors (Lipinski definition) is 0. The largest absolute Gasteiger partial charge is 0.0616 e. The lowest BCUT2D eigenvalue weighted by Crippen LogP contribution is -2.24. The molecule has 0 bridgehead atoms. The molecule has 0 aromatic heterocycles. The van der Waals surface area contributed by atoms with E-state index in [9.17, 15) is 0 Å². The molecule has 0 fully saturated rings. The van der Waals surface area contributed by atoms with Gasteiger partial charge in [0.1, 0.15) is 0 Å². The molecule has 0 saturated carbocycles. The van der Waals surface area contributed by atoms with Crippen LogP contribution >= 0.6 is 0 Å². The maximum Gasteiger partial charge on any atom is -0.00946 e. The van der Waals surface area contributed by atoms with Crippen LogP contribution in [0.2, 0.25) is 0 Å². The number of hydrogen-bond acceptors (Lipinski definition) is 0. The van der Waals surface area contributed by atoms with Crippen LogP contribution in [0.1, 0.15) is 37.8 Å². The van der Waals surface area contributed by atoms with Crippen LogP contribution in [0.5, 0.6) is 0 Å². The molecule has 1 aliphatic carbocycles. The lowest BCUT2D eigenvalue weighted by Gasteiger charge is -2.34. The second kappa shape index (κ2) is 4.09. The summed E-state index contributed by atoms with van der Waals surface area (Å²) in [6.45, 7) is 4.80. The first-order valence-corrected chi connectivity index (χ1v) is 7.61. The Bertz CT molecular complexity index is 809. The molecule has 3 aromatic rings. The quantitative estimate of drug-likeness (QED) is 0.461. The van der Waals surface area contributed by atoms with E-state index < -0.39 is 0 Å². The van der Waals surface area contributed by atoms with E-state index in [-0.39, 0.29) is 0 Å². The maximum absolute atomic E-state index is 2.40. The minimum atomic E-state index is 0.301. The van der Waals surface area contributed by atoms with Crippen molar-refractivity contribution in [2.45, 2.75) is 38.5 Å².